The fraction of sp³-hybridized carbons (Fsp3) is 0.296. The van der Waals surface area contributed by atoms with Crippen molar-refractivity contribution in [1.82, 2.24) is 9.97 Å². The summed E-state index contributed by atoms with van der Waals surface area (Å²) in [6.07, 6.45) is -9.08. The normalized spacial score (nSPS) is 15.0. The molecule has 1 amide bonds. The second-order valence-corrected chi connectivity index (χ2v) is 9.50. The molecule has 0 radical (unpaired) electrons. The number of piperazine rings is 1. The lowest BCUT2D eigenvalue weighted by Crippen LogP contribution is -2.52. The zero-order valence-corrected chi connectivity index (χ0v) is 22.8. The van der Waals surface area contributed by atoms with Gasteiger partial charge in [-0.05, 0) is 42.8 Å². The average molecular weight is 626 g/mol. The first-order valence-corrected chi connectivity index (χ1v) is 12.5. The summed E-state index contributed by atoms with van der Waals surface area (Å²) in [4.78, 5) is 33.4. The minimum atomic E-state index is -5.32. The van der Waals surface area contributed by atoms with Crippen LogP contribution in [0.4, 0.5) is 43.7 Å². The molecule has 17 heteroatoms. The number of alkyl halides is 6. The van der Waals surface area contributed by atoms with E-state index in [0.29, 0.717) is 43.1 Å². The Morgan fingerprint density at radius 2 is 1.52 bits per heavy atom. The Labute approximate surface area is 245 Å². The summed E-state index contributed by atoms with van der Waals surface area (Å²) in [5.41, 5.74) is 9.04. The molecule has 3 aromatic rings. The summed E-state index contributed by atoms with van der Waals surface area (Å²) >= 11 is 0. The number of nitrogens with zero attached hydrogens (tertiary/aromatic N) is 5. The van der Waals surface area contributed by atoms with E-state index in [1.807, 2.05) is 17.0 Å². The van der Waals surface area contributed by atoms with Crippen molar-refractivity contribution < 1.29 is 46.1 Å². The summed E-state index contributed by atoms with van der Waals surface area (Å²) in [7, 11) is 0. The van der Waals surface area contributed by atoms with Crippen molar-refractivity contribution in [1.29, 1.82) is 5.26 Å². The number of carboxylic acid groups (broad SMARTS) is 1. The van der Waals surface area contributed by atoms with E-state index in [9.17, 15) is 36.2 Å². The van der Waals surface area contributed by atoms with Crippen LogP contribution in [-0.2, 0) is 15.2 Å². The van der Waals surface area contributed by atoms with E-state index in [1.54, 1.807) is 19.1 Å². The SMILES string of the molecule is Cc1ccc(C(O)(C(N)=O)C(F)(F)F)cc1-c1cnc(N)c(N2CCN(c3ccc(C#N)cc3)CC2)n1.O=C(O)C(F)(F)F. The molecular formula is C27H25F6N7O4. The van der Waals surface area contributed by atoms with Gasteiger partial charge < -0.3 is 31.5 Å². The lowest BCUT2D eigenvalue weighted by Gasteiger charge is -2.37. The van der Waals surface area contributed by atoms with E-state index in [-0.39, 0.29) is 17.1 Å². The monoisotopic (exact) mass is 625 g/mol. The molecule has 0 bridgehead atoms. The molecule has 11 nitrogen and oxygen atoms in total. The molecule has 0 spiro atoms. The van der Waals surface area contributed by atoms with Crippen molar-refractivity contribution in [3.63, 3.8) is 0 Å². The summed E-state index contributed by atoms with van der Waals surface area (Å²) in [5.74, 6) is -4.15. The van der Waals surface area contributed by atoms with E-state index in [0.717, 1.165) is 17.8 Å². The van der Waals surface area contributed by atoms with Crippen LogP contribution in [0, 0.1) is 18.3 Å². The Balaban J connectivity index is 0.000000676. The first-order valence-electron chi connectivity index (χ1n) is 12.5. The number of carbonyl (C=O) groups excluding carboxylic acids is 1. The number of halogens is 6. The van der Waals surface area contributed by atoms with Gasteiger partial charge in [-0.2, -0.15) is 31.6 Å². The van der Waals surface area contributed by atoms with Gasteiger partial charge in [-0.3, -0.25) is 4.79 Å². The third-order valence-corrected chi connectivity index (χ3v) is 6.66. The molecule has 1 unspecified atom stereocenters. The van der Waals surface area contributed by atoms with Crippen LogP contribution in [0.5, 0.6) is 0 Å². The standard InChI is InChI=1S/C25H24F3N7O2.C2HF3O2/c1-15-2-5-17(24(37,23(31)36)25(26,27)28)12-19(15)20-14-32-21(30)22(33-20)35-10-8-34(9-11-35)18-6-3-16(13-29)4-7-18;3-2(4,5)1(6)7/h2-7,12,14,37H,8-11H2,1H3,(H2,30,32)(H2,31,36);(H,6,7). The Morgan fingerprint density at radius 1 is 0.977 bits per heavy atom. The van der Waals surface area contributed by atoms with Crippen molar-refractivity contribution in [3.05, 3.63) is 65.4 Å². The van der Waals surface area contributed by atoms with E-state index in [4.69, 9.17) is 26.6 Å². The number of hydrogen-bond acceptors (Lipinski definition) is 9. The van der Waals surface area contributed by atoms with Gasteiger partial charge in [-0.1, -0.05) is 12.1 Å². The van der Waals surface area contributed by atoms with Gasteiger partial charge in [0.15, 0.2) is 11.6 Å². The molecule has 0 saturated carbocycles. The quantitative estimate of drug-likeness (QED) is 0.308. The molecule has 4 rings (SSSR count). The molecule has 1 fully saturated rings. The van der Waals surface area contributed by atoms with Gasteiger partial charge in [0, 0.05) is 43.0 Å². The van der Waals surface area contributed by atoms with Gasteiger partial charge in [0.25, 0.3) is 11.5 Å². The third kappa shape index (κ3) is 7.09. The van der Waals surface area contributed by atoms with E-state index in [1.165, 1.54) is 12.3 Å². The number of carboxylic acids is 1. The highest BCUT2D eigenvalue weighted by molar-refractivity contribution is 5.86. The highest BCUT2D eigenvalue weighted by Gasteiger charge is 2.60. The Bertz CT molecular complexity index is 1570. The molecule has 1 aliphatic heterocycles. The number of nitriles is 1. The van der Waals surface area contributed by atoms with Crippen LogP contribution in [0.15, 0.2) is 48.7 Å². The molecule has 234 valence electrons. The van der Waals surface area contributed by atoms with Gasteiger partial charge in [0.1, 0.15) is 0 Å². The highest BCUT2D eigenvalue weighted by atomic mass is 19.4. The minimum absolute atomic E-state index is 0.160. The van der Waals surface area contributed by atoms with Crippen molar-refractivity contribution in [2.75, 3.05) is 41.7 Å². The summed E-state index contributed by atoms with van der Waals surface area (Å²) in [5, 5.41) is 26.3. The van der Waals surface area contributed by atoms with Crippen molar-refractivity contribution in [2.24, 2.45) is 5.73 Å². The van der Waals surface area contributed by atoms with E-state index < -0.39 is 35.4 Å². The van der Waals surface area contributed by atoms with Gasteiger partial charge in [0.05, 0.1) is 23.5 Å². The second-order valence-electron chi connectivity index (χ2n) is 9.50. The lowest BCUT2D eigenvalue weighted by molar-refractivity contribution is -0.255. The molecule has 44 heavy (non-hydrogen) atoms. The largest absolute Gasteiger partial charge is 0.490 e. The Hall–Kier alpha value is -5.11. The van der Waals surface area contributed by atoms with Gasteiger partial charge >= 0.3 is 18.3 Å². The number of rotatable bonds is 5. The minimum Gasteiger partial charge on any atom is -0.475 e. The number of aliphatic hydroxyl groups is 1. The number of benzene rings is 2. The van der Waals surface area contributed by atoms with Crippen LogP contribution < -0.4 is 21.3 Å². The maximum absolute atomic E-state index is 13.6. The predicted molar refractivity (Wildman–Crippen MR) is 145 cm³/mol. The average Bonchev–Trinajstić information content (AvgIpc) is 2.96. The fourth-order valence-electron chi connectivity index (χ4n) is 4.24. The van der Waals surface area contributed by atoms with Gasteiger partial charge in [-0.15, -0.1) is 0 Å². The molecule has 6 N–H and O–H groups in total. The number of aryl methyl sites for hydroxylation is 1. The maximum Gasteiger partial charge on any atom is 0.490 e. The number of anilines is 3. The van der Waals surface area contributed by atoms with Crippen molar-refractivity contribution in [2.45, 2.75) is 24.9 Å². The van der Waals surface area contributed by atoms with Gasteiger partial charge in [-0.25, -0.2) is 14.8 Å². The number of nitrogen functional groups attached to an aromatic ring is 1. The number of primary amides is 1. The first-order chi connectivity index (χ1) is 20.4. The zero-order chi connectivity index (χ0) is 33.0. The number of amides is 1. The lowest BCUT2D eigenvalue weighted by atomic mass is 9.89. The van der Waals surface area contributed by atoms with Crippen LogP contribution in [-0.4, -0.2) is 70.6 Å². The number of nitrogens with two attached hydrogens (primary N) is 2. The molecular weight excluding hydrogens is 600 g/mol. The molecule has 2 aromatic carbocycles. The van der Waals surface area contributed by atoms with E-state index in [2.05, 4.69) is 20.9 Å². The number of aromatic nitrogens is 2. The summed E-state index contributed by atoms with van der Waals surface area (Å²) in [6.45, 7) is 4.05. The molecule has 1 atom stereocenters. The summed E-state index contributed by atoms with van der Waals surface area (Å²) in [6, 6.07) is 12.8. The van der Waals surface area contributed by atoms with Crippen molar-refractivity contribution >= 4 is 29.2 Å². The first kappa shape index (κ1) is 33.4. The predicted octanol–water partition coefficient (Wildman–Crippen LogP) is 3.10. The topological polar surface area (TPSA) is 183 Å². The Morgan fingerprint density at radius 3 is 2.00 bits per heavy atom. The van der Waals surface area contributed by atoms with Crippen LogP contribution in [0.3, 0.4) is 0 Å². The summed E-state index contributed by atoms with van der Waals surface area (Å²) < 4.78 is 72.6. The van der Waals surface area contributed by atoms with E-state index >= 15 is 0 Å². The second kappa shape index (κ2) is 12.6. The number of hydrogen-bond donors (Lipinski definition) is 4. The van der Waals surface area contributed by atoms with Crippen LogP contribution >= 0.6 is 0 Å². The van der Waals surface area contributed by atoms with Crippen molar-refractivity contribution in [3.8, 4) is 17.3 Å². The van der Waals surface area contributed by atoms with Gasteiger partial charge in [0.2, 0.25) is 0 Å². The van der Waals surface area contributed by atoms with Crippen LogP contribution in [0.2, 0.25) is 0 Å². The Kier molecular flexibility index (Phi) is 9.59. The highest BCUT2D eigenvalue weighted by Crippen LogP contribution is 2.40. The zero-order valence-electron chi connectivity index (χ0n) is 22.8. The molecule has 2 heterocycles. The maximum atomic E-state index is 13.6. The van der Waals surface area contributed by atoms with Crippen LogP contribution in [0.1, 0.15) is 16.7 Å². The van der Waals surface area contributed by atoms with Crippen LogP contribution in [0.25, 0.3) is 11.3 Å². The fourth-order valence-corrected chi connectivity index (χ4v) is 4.24. The molecule has 1 aromatic heterocycles. The smallest absolute Gasteiger partial charge is 0.475 e. The number of carbonyl (C=O) groups is 2. The number of aliphatic carboxylic acids is 1. The molecule has 0 aliphatic carbocycles. The molecule has 1 aliphatic rings. The third-order valence-electron chi connectivity index (χ3n) is 6.66. The molecule has 1 saturated heterocycles.